The van der Waals surface area contributed by atoms with Crippen molar-refractivity contribution in [2.45, 2.75) is 26.3 Å². The summed E-state index contributed by atoms with van der Waals surface area (Å²) in [4.78, 5) is 50.0. The van der Waals surface area contributed by atoms with E-state index in [4.69, 9.17) is 0 Å². The quantitative estimate of drug-likeness (QED) is 0.308. The number of benzene rings is 2. The summed E-state index contributed by atoms with van der Waals surface area (Å²) in [6.45, 7) is 1.54. The molecule has 4 rings (SSSR count). The first-order valence-electron chi connectivity index (χ1n) is 10.1. The van der Waals surface area contributed by atoms with E-state index in [1.807, 2.05) is 13.0 Å². The number of hydrazine groups is 1. The van der Waals surface area contributed by atoms with Crippen LogP contribution in [0, 0.1) is 27.8 Å². The van der Waals surface area contributed by atoms with Gasteiger partial charge in [0.05, 0.1) is 23.3 Å². The molecule has 1 fully saturated rings. The molecule has 0 unspecified atom stereocenters. The Morgan fingerprint density at radius 3 is 2.44 bits per heavy atom. The Hall–Kier alpha value is -3.88. The standard InChI is InChI=1S/C23H20FN3O5/c1-14-6-11-18-19(12-14)23(30)26(22(18)29)25(13-16-4-2-3-5-20(16)24)21(28)15-7-9-17(10-8-15)27(31)32/h2-10,18-19H,11-13H2,1H3/t18-,19-/m1/s1. The van der Waals surface area contributed by atoms with Gasteiger partial charge in [-0.1, -0.05) is 29.8 Å². The summed E-state index contributed by atoms with van der Waals surface area (Å²) >= 11 is 0. The maximum Gasteiger partial charge on any atom is 0.273 e. The predicted molar refractivity (Wildman–Crippen MR) is 111 cm³/mol. The van der Waals surface area contributed by atoms with Gasteiger partial charge in [-0.2, -0.15) is 5.01 Å². The molecule has 2 aromatic carbocycles. The fraction of sp³-hybridized carbons (Fsp3) is 0.261. The fourth-order valence-electron chi connectivity index (χ4n) is 4.15. The largest absolute Gasteiger partial charge is 0.273 e. The molecule has 1 saturated heterocycles. The number of rotatable bonds is 5. The van der Waals surface area contributed by atoms with E-state index in [1.54, 1.807) is 6.07 Å². The van der Waals surface area contributed by atoms with Gasteiger partial charge in [0.1, 0.15) is 5.82 Å². The number of allylic oxidation sites excluding steroid dienone is 2. The highest BCUT2D eigenvalue weighted by Gasteiger charge is 2.51. The molecule has 164 valence electrons. The van der Waals surface area contributed by atoms with Crippen LogP contribution in [0.2, 0.25) is 0 Å². The van der Waals surface area contributed by atoms with Crippen molar-refractivity contribution in [1.29, 1.82) is 0 Å². The van der Waals surface area contributed by atoms with Gasteiger partial charge in [-0.3, -0.25) is 24.5 Å². The van der Waals surface area contributed by atoms with Gasteiger partial charge in [0.2, 0.25) is 0 Å². The molecule has 2 aromatic rings. The number of carbonyl (C=O) groups is 3. The molecule has 0 bridgehead atoms. The lowest BCUT2D eigenvalue weighted by atomic mass is 9.82. The number of carbonyl (C=O) groups excluding carboxylic acids is 3. The molecule has 3 amide bonds. The highest BCUT2D eigenvalue weighted by atomic mass is 19.1. The summed E-state index contributed by atoms with van der Waals surface area (Å²) in [7, 11) is 0. The topological polar surface area (TPSA) is 101 Å². The number of halogens is 1. The first kappa shape index (κ1) is 21.4. The Morgan fingerprint density at radius 2 is 1.78 bits per heavy atom. The molecule has 0 saturated carbocycles. The van der Waals surface area contributed by atoms with Gasteiger partial charge >= 0.3 is 0 Å². The van der Waals surface area contributed by atoms with Crippen LogP contribution in [0.15, 0.2) is 60.2 Å². The zero-order valence-electron chi connectivity index (χ0n) is 17.2. The summed E-state index contributed by atoms with van der Waals surface area (Å²) in [5, 5.41) is 12.7. The number of amides is 3. The normalized spacial score (nSPS) is 20.1. The van der Waals surface area contributed by atoms with Crippen molar-refractivity contribution in [1.82, 2.24) is 10.0 Å². The van der Waals surface area contributed by atoms with Crippen LogP contribution in [0.3, 0.4) is 0 Å². The van der Waals surface area contributed by atoms with Crippen molar-refractivity contribution in [2.75, 3.05) is 0 Å². The van der Waals surface area contributed by atoms with Crippen molar-refractivity contribution in [3.8, 4) is 0 Å². The number of hydrogen-bond donors (Lipinski definition) is 0. The predicted octanol–water partition coefficient (Wildman–Crippen LogP) is 3.63. The molecule has 1 heterocycles. The van der Waals surface area contributed by atoms with Gasteiger partial charge in [0.15, 0.2) is 0 Å². The van der Waals surface area contributed by atoms with Gasteiger partial charge < -0.3 is 0 Å². The molecule has 0 N–H and O–H groups in total. The first-order valence-corrected chi connectivity index (χ1v) is 10.1. The molecule has 0 radical (unpaired) electrons. The SMILES string of the molecule is CC1=CC[C@H]2C(=O)N(N(Cc3ccccc3F)C(=O)c3ccc([N+](=O)[O-])cc3)C(=O)[C@@H]2C1. The van der Waals surface area contributed by atoms with Crippen molar-refractivity contribution in [2.24, 2.45) is 11.8 Å². The van der Waals surface area contributed by atoms with Gasteiger partial charge in [-0.05, 0) is 38.0 Å². The highest BCUT2D eigenvalue weighted by Crippen LogP contribution is 2.39. The summed E-state index contributed by atoms with van der Waals surface area (Å²) in [6.07, 6.45) is 2.73. The van der Waals surface area contributed by atoms with Crippen LogP contribution in [0.1, 0.15) is 35.7 Å². The number of fused-ring (bicyclic) bond motifs is 1. The smallest absolute Gasteiger partial charge is 0.272 e. The molecule has 0 spiro atoms. The van der Waals surface area contributed by atoms with E-state index < -0.39 is 40.3 Å². The second-order valence-corrected chi connectivity index (χ2v) is 7.95. The van der Waals surface area contributed by atoms with E-state index in [1.165, 1.54) is 30.3 Å². The third-order valence-electron chi connectivity index (χ3n) is 5.88. The third-order valence-corrected chi connectivity index (χ3v) is 5.88. The van der Waals surface area contributed by atoms with Gasteiger partial charge in [-0.25, -0.2) is 9.40 Å². The van der Waals surface area contributed by atoms with E-state index in [2.05, 4.69) is 0 Å². The summed E-state index contributed by atoms with van der Waals surface area (Å²) < 4.78 is 14.4. The third kappa shape index (κ3) is 3.77. The van der Waals surface area contributed by atoms with Crippen molar-refractivity contribution in [3.05, 3.63) is 87.2 Å². The summed E-state index contributed by atoms with van der Waals surface area (Å²) in [5.74, 6) is -3.45. The van der Waals surface area contributed by atoms with Crippen molar-refractivity contribution >= 4 is 23.4 Å². The molecule has 9 heteroatoms. The first-order chi connectivity index (χ1) is 15.3. The zero-order chi connectivity index (χ0) is 23.0. The van der Waals surface area contributed by atoms with Crippen LogP contribution in [0.4, 0.5) is 10.1 Å². The number of imide groups is 1. The Balaban J connectivity index is 1.72. The molecule has 2 atom stereocenters. The molecule has 0 aromatic heterocycles. The lowest BCUT2D eigenvalue weighted by Gasteiger charge is -2.30. The minimum Gasteiger partial charge on any atom is -0.272 e. The Morgan fingerprint density at radius 1 is 1.12 bits per heavy atom. The Labute approximate surface area is 183 Å². The van der Waals surface area contributed by atoms with Crippen molar-refractivity contribution in [3.63, 3.8) is 0 Å². The number of non-ortho nitro benzene ring substituents is 1. The van der Waals surface area contributed by atoms with Crippen LogP contribution >= 0.6 is 0 Å². The van der Waals surface area contributed by atoms with E-state index in [-0.39, 0.29) is 23.4 Å². The maximum atomic E-state index is 14.4. The lowest BCUT2D eigenvalue weighted by molar-refractivity contribution is -0.384. The zero-order valence-corrected chi connectivity index (χ0v) is 17.2. The molecule has 32 heavy (non-hydrogen) atoms. The molecular weight excluding hydrogens is 417 g/mol. The van der Waals surface area contributed by atoms with Gasteiger partial charge in [0.25, 0.3) is 23.4 Å². The van der Waals surface area contributed by atoms with Crippen LogP contribution in [0.5, 0.6) is 0 Å². The molecule has 1 aliphatic carbocycles. The van der Waals surface area contributed by atoms with Crippen LogP contribution in [-0.4, -0.2) is 32.7 Å². The minimum absolute atomic E-state index is 0.0386. The molecule has 8 nitrogen and oxygen atoms in total. The lowest BCUT2D eigenvalue weighted by Crippen LogP contribution is -2.50. The van der Waals surface area contributed by atoms with Crippen LogP contribution in [-0.2, 0) is 16.1 Å². The average molecular weight is 437 g/mol. The minimum atomic E-state index is -0.729. The number of nitro groups is 1. The fourth-order valence-corrected chi connectivity index (χ4v) is 4.15. The van der Waals surface area contributed by atoms with Gasteiger partial charge in [0, 0.05) is 23.3 Å². The summed E-state index contributed by atoms with van der Waals surface area (Å²) in [5.41, 5.74) is 0.962. The van der Waals surface area contributed by atoms with Crippen LogP contribution in [0.25, 0.3) is 0 Å². The van der Waals surface area contributed by atoms with Crippen LogP contribution < -0.4 is 0 Å². The Kier molecular flexibility index (Phi) is 5.56. The monoisotopic (exact) mass is 437 g/mol. The second-order valence-electron chi connectivity index (χ2n) is 7.95. The van der Waals surface area contributed by atoms with E-state index in [0.29, 0.717) is 12.8 Å². The van der Waals surface area contributed by atoms with E-state index in [0.717, 1.165) is 27.7 Å². The summed E-state index contributed by atoms with van der Waals surface area (Å²) in [6, 6.07) is 10.6. The molecule has 2 aliphatic rings. The van der Waals surface area contributed by atoms with Crippen molar-refractivity contribution < 1.29 is 23.7 Å². The molecular formula is C23H20FN3O5. The van der Waals surface area contributed by atoms with Gasteiger partial charge in [-0.15, -0.1) is 0 Å². The van der Waals surface area contributed by atoms with E-state index in [9.17, 15) is 28.9 Å². The maximum absolute atomic E-state index is 14.4. The Bertz CT molecular complexity index is 1140. The number of nitro benzene ring substituents is 1. The number of nitrogens with zero attached hydrogens (tertiary/aromatic N) is 3. The average Bonchev–Trinajstić information content (AvgIpc) is 3.02. The second kappa shape index (κ2) is 8.33. The van der Waals surface area contributed by atoms with E-state index >= 15 is 0 Å². The number of hydrogen-bond acceptors (Lipinski definition) is 5. The highest BCUT2D eigenvalue weighted by molar-refractivity contribution is 6.08. The molecule has 1 aliphatic heterocycles.